The number of nitrogens with zero attached hydrogens (tertiary/aromatic N) is 1. The first-order chi connectivity index (χ1) is 12.1. The molecule has 6 heteroatoms. The van der Waals surface area contributed by atoms with Gasteiger partial charge < -0.3 is 4.98 Å². The summed E-state index contributed by atoms with van der Waals surface area (Å²) in [5.41, 5.74) is 1.26. The molecular weight excluding hydrogens is 395 g/mol. The molecule has 1 heterocycles. The quantitative estimate of drug-likeness (QED) is 0.438. The largest absolute Gasteiger partial charge is 0.349 e. The number of rotatable bonds is 7. The molecule has 3 rings (SSSR count). The second kappa shape index (κ2) is 9.00. The van der Waals surface area contributed by atoms with Crippen molar-refractivity contribution in [3.63, 3.8) is 0 Å². The fourth-order valence-corrected chi connectivity index (χ4v) is 4.53. The van der Waals surface area contributed by atoms with Crippen LogP contribution >= 0.6 is 46.6 Å². The minimum Gasteiger partial charge on any atom is -0.349 e. The molecule has 1 N–H and O–H groups in total. The molecule has 25 heavy (non-hydrogen) atoms. The number of benzene rings is 2. The summed E-state index contributed by atoms with van der Waals surface area (Å²) in [6, 6.07) is 13.6. The van der Waals surface area contributed by atoms with Crippen LogP contribution in [0.4, 0.5) is 0 Å². The summed E-state index contributed by atoms with van der Waals surface area (Å²) in [5.74, 6) is 0.969. The van der Waals surface area contributed by atoms with E-state index in [4.69, 9.17) is 34.8 Å². The van der Waals surface area contributed by atoms with Gasteiger partial charge in [-0.15, -0.1) is 11.8 Å². The van der Waals surface area contributed by atoms with Crippen LogP contribution in [0.5, 0.6) is 0 Å². The van der Waals surface area contributed by atoms with Crippen LogP contribution in [0.3, 0.4) is 0 Å². The Morgan fingerprint density at radius 2 is 1.72 bits per heavy atom. The third-order valence-electron chi connectivity index (χ3n) is 3.85. The maximum absolute atomic E-state index is 6.35. The SMILES string of the molecule is Clc1ccc(CCC(Cc2ncc[nH]2)Sc2c(Cl)cccc2Cl)cc1. The summed E-state index contributed by atoms with van der Waals surface area (Å²) in [6.45, 7) is 0. The summed E-state index contributed by atoms with van der Waals surface area (Å²) in [5, 5.41) is 2.44. The molecule has 0 aliphatic carbocycles. The van der Waals surface area contributed by atoms with E-state index >= 15 is 0 Å². The molecule has 3 aromatic rings. The van der Waals surface area contributed by atoms with Gasteiger partial charge in [0.2, 0.25) is 0 Å². The van der Waals surface area contributed by atoms with Crippen molar-refractivity contribution < 1.29 is 0 Å². The molecule has 2 aromatic carbocycles. The third kappa shape index (κ3) is 5.42. The van der Waals surface area contributed by atoms with Gasteiger partial charge in [-0.25, -0.2) is 4.98 Å². The Kier molecular flexibility index (Phi) is 6.71. The van der Waals surface area contributed by atoms with Crippen molar-refractivity contribution in [1.82, 2.24) is 9.97 Å². The van der Waals surface area contributed by atoms with Gasteiger partial charge in [-0.05, 0) is 42.7 Å². The molecule has 1 unspecified atom stereocenters. The predicted molar refractivity (Wildman–Crippen MR) is 108 cm³/mol. The van der Waals surface area contributed by atoms with E-state index in [1.807, 2.05) is 36.5 Å². The fraction of sp³-hybridized carbons (Fsp3) is 0.211. The minimum absolute atomic E-state index is 0.305. The van der Waals surface area contributed by atoms with Gasteiger partial charge in [0, 0.05) is 34.0 Å². The number of halogens is 3. The first-order valence-corrected chi connectivity index (χ1v) is 9.96. The van der Waals surface area contributed by atoms with Crippen molar-refractivity contribution in [3.8, 4) is 0 Å². The highest BCUT2D eigenvalue weighted by molar-refractivity contribution is 8.00. The maximum atomic E-state index is 6.35. The Morgan fingerprint density at radius 1 is 1.00 bits per heavy atom. The number of aromatic nitrogens is 2. The lowest BCUT2D eigenvalue weighted by Crippen LogP contribution is -2.10. The first-order valence-electron chi connectivity index (χ1n) is 7.95. The highest BCUT2D eigenvalue weighted by Crippen LogP contribution is 2.38. The van der Waals surface area contributed by atoms with Gasteiger partial charge in [0.15, 0.2) is 0 Å². The fourth-order valence-electron chi connectivity index (χ4n) is 2.57. The Bertz CT molecular complexity index is 784. The van der Waals surface area contributed by atoms with Gasteiger partial charge in [-0.3, -0.25) is 0 Å². The van der Waals surface area contributed by atoms with Crippen molar-refractivity contribution >= 4 is 46.6 Å². The van der Waals surface area contributed by atoms with E-state index in [1.165, 1.54) is 5.56 Å². The number of aryl methyl sites for hydroxylation is 1. The zero-order valence-electron chi connectivity index (χ0n) is 13.4. The second-order valence-corrected chi connectivity index (χ2v) is 8.26. The van der Waals surface area contributed by atoms with Crippen LogP contribution in [-0.2, 0) is 12.8 Å². The summed E-state index contributed by atoms with van der Waals surface area (Å²) in [4.78, 5) is 8.47. The van der Waals surface area contributed by atoms with Crippen molar-refractivity contribution in [2.24, 2.45) is 0 Å². The molecular formula is C19H17Cl3N2S. The summed E-state index contributed by atoms with van der Waals surface area (Å²) >= 11 is 20.4. The first kappa shape index (κ1) is 18.7. The number of H-pyrrole nitrogens is 1. The Hall–Kier alpha value is -1.13. The average Bonchev–Trinajstić information content (AvgIpc) is 3.10. The van der Waals surface area contributed by atoms with Crippen LogP contribution in [0.2, 0.25) is 15.1 Å². The second-order valence-electron chi connectivity index (χ2n) is 5.70. The van der Waals surface area contributed by atoms with E-state index in [2.05, 4.69) is 22.1 Å². The highest BCUT2D eigenvalue weighted by atomic mass is 35.5. The summed E-state index contributed by atoms with van der Waals surface area (Å²) in [6.07, 6.45) is 6.39. The molecule has 0 aliphatic heterocycles. The molecule has 0 spiro atoms. The third-order valence-corrected chi connectivity index (χ3v) is 6.36. The van der Waals surface area contributed by atoms with E-state index in [0.29, 0.717) is 15.3 Å². The van der Waals surface area contributed by atoms with E-state index in [-0.39, 0.29) is 0 Å². The van der Waals surface area contributed by atoms with Crippen molar-refractivity contribution in [2.75, 3.05) is 0 Å². The normalized spacial score (nSPS) is 12.3. The van der Waals surface area contributed by atoms with Crippen LogP contribution in [0, 0.1) is 0 Å². The average molecular weight is 412 g/mol. The van der Waals surface area contributed by atoms with Gasteiger partial charge in [0.25, 0.3) is 0 Å². The van der Waals surface area contributed by atoms with E-state index in [1.54, 1.807) is 18.0 Å². The lowest BCUT2D eigenvalue weighted by Gasteiger charge is -2.17. The molecule has 1 aromatic heterocycles. The van der Waals surface area contributed by atoms with Crippen LogP contribution in [0.25, 0.3) is 0 Å². The highest BCUT2D eigenvalue weighted by Gasteiger charge is 2.17. The van der Waals surface area contributed by atoms with E-state index < -0.39 is 0 Å². The molecule has 0 saturated heterocycles. The molecule has 2 nitrogen and oxygen atoms in total. The Morgan fingerprint density at radius 3 is 2.36 bits per heavy atom. The minimum atomic E-state index is 0.305. The van der Waals surface area contributed by atoms with E-state index in [0.717, 1.165) is 35.0 Å². The molecule has 1 atom stereocenters. The molecule has 0 amide bonds. The zero-order chi connectivity index (χ0) is 17.6. The molecule has 0 radical (unpaired) electrons. The molecule has 0 saturated carbocycles. The van der Waals surface area contributed by atoms with Crippen molar-refractivity contribution in [3.05, 3.63) is 81.3 Å². The lowest BCUT2D eigenvalue weighted by molar-refractivity contribution is 0.730. The number of hydrogen-bond donors (Lipinski definition) is 1. The predicted octanol–water partition coefficient (Wildman–Crippen LogP) is 6.71. The van der Waals surface area contributed by atoms with Crippen LogP contribution in [0.15, 0.2) is 59.8 Å². The van der Waals surface area contributed by atoms with Gasteiger partial charge in [-0.1, -0.05) is 53.0 Å². The van der Waals surface area contributed by atoms with Gasteiger partial charge in [-0.2, -0.15) is 0 Å². The summed E-state index contributed by atoms with van der Waals surface area (Å²) in [7, 11) is 0. The van der Waals surface area contributed by atoms with Crippen LogP contribution in [0.1, 0.15) is 17.8 Å². The number of thioether (sulfide) groups is 1. The maximum Gasteiger partial charge on any atom is 0.107 e. The standard InChI is InChI=1S/C19H17Cl3N2S/c20-14-7-4-13(5-8-14)6-9-15(12-18-23-10-11-24-18)25-19-16(21)2-1-3-17(19)22/h1-5,7-8,10-11,15H,6,9,12H2,(H,23,24). The molecule has 130 valence electrons. The topological polar surface area (TPSA) is 28.7 Å². The molecule has 0 aliphatic rings. The van der Waals surface area contributed by atoms with Crippen LogP contribution in [-0.4, -0.2) is 15.2 Å². The van der Waals surface area contributed by atoms with Crippen LogP contribution < -0.4 is 0 Å². The summed E-state index contributed by atoms with van der Waals surface area (Å²) < 4.78 is 0. The number of imidazole rings is 1. The van der Waals surface area contributed by atoms with Gasteiger partial charge >= 0.3 is 0 Å². The lowest BCUT2D eigenvalue weighted by atomic mass is 10.1. The van der Waals surface area contributed by atoms with Gasteiger partial charge in [0.05, 0.1) is 10.0 Å². The Balaban J connectivity index is 1.73. The van der Waals surface area contributed by atoms with E-state index in [9.17, 15) is 0 Å². The van der Waals surface area contributed by atoms with Crippen molar-refractivity contribution in [1.29, 1.82) is 0 Å². The number of aromatic amines is 1. The Labute approximate surface area is 166 Å². The number of hydrogen-bond acceptors (Lipinski definition) is 2. The number of nitrogens with one attached hydrogen (secondary N) is 1. The molecule has 0 fully saturated rings. The van der Waals surface area contributed by atoms with Crippen molar-refractivity contribution in [2.45, 2.75) is 29.4 Å². The molecule has 0 bridgehead atoms. The smallest absolute Gasteiger partial charge is 0.107 e. The van der Waals surface area contributed by atoms with Gasteiger partial charge in [0.1, 0.15) is 5.82 Å². The zero-order valence-corrected chi connectivity index (χ0v) is 16.5. The monoisotopic (exact) mass is 410 g/mol.